The van der Waals surface area contributed by atoms with E-state index in [1.165, 1.54) is 14.2 Å². The van der Waals surface area contributed by atoms with Crippen LogP contribution in [0.15, 0.2) is 65.7 Å². The number of guanidine groups is 1. The number of aromatic nitrogens is 2. The highest BCUT2D eigenvalue weighted by atomic mass is 16.5. The van der Waals surface area contributed by atoms with Gasteiger partial charge in [-0.2, -0.15) is 9.97 Å². The number of hydrogen-bond donors (Lipinski definition) is 2. The number of rotatable bonds is 8. The Kier molecular flexibility index (Phi) is 6.83. The number of para-hydroxylation sites is 1. The minimum atomic E-state index is 0.212. The Hall–Kier alpha value is -3.81. The van der Waals surface area contributed by atoms with Crippen molar-refractivity contribution in [1.29, 1.82) is 0 Å². The SMILES string of the molecule is COc1cc(OC)nc(NC(N)=NCCc2ccc(Oc3ccccc3)cc2)n1. The third-order valence-corrected chi connectivity index (χ3v) is 3.92. The zero-order valence-corrected chi connectivity index (χ0v) is 16.3. The Labute approximate surface area is 169 Å². The molecule has 0 aliphatic carbocycles. The fraction of sp³-hybridized carbons (Fsp3) is 0.190. The van der Waals surface area contributed by atoms with Gasteiger partial charge in [-0.3, -0.25) is 10.3 Å². The van der Waals surface area contributed by atoms with Crippen molar-refractivity contribution in [2.24, 2.45) is 10.7 Å². The van der Waals surface area contributed by atoms with Crippen LogP contribution in [-0.4, -0.2) is 36.7 Å². The molecule has 150 valence electrons. The van der Waals surface area contributed by atoms with Gasteiger partial charge in [0.25, 0.3) is 0 Å². The third-order valence-electron chi connectivity index (χ3n) is 3.92. The zero-order valence-electron chi connectivity index (χ0n) is 16.3. The van der Waals surface area contributed by atoms with Gasteiger partial charge in [-0.05, 0) is 36.2 Å². The topological polar surface area (TPSA) is 104 Å². The molecule has 2 aromatic carbocycles. The maximum Gasteiger partial charge on any atom is 0.236 e. The minimum Gasteiger partial charge on any atom is -0.481 e. The molecule has 8 heteroatoms. The number of anilines is 1. The Balaban J connectivity index is 1.52. The lowest BCUT2D eigenvalue weighted by Crippen LogP contribution is -2.24. The molecule has 3 aromatic rings. The lowest BCUT2D eigenvalue weighted by atomic mass is 10.1. The average molecular weight is 393 g/mol. The van der Waals surface area contributed by atoms with Crippen molar-refractivity contribution in [1.82, 2.24) is 9.97 Å². The van der Waals surface area contributed by atoms with Gasteiger partial charge >= 0.3 is 0 Å². The van der Waals surface area contributed by atoms with Crippen LogP contribution in [0.5, 0.6) is 23.3 Å². The predicted octanol–water partition coefficient (Wildman–Crippen LogP) is 3.26. The second kappa shape index (κ2) is 9.93. The molecular formula is C21H23N5O3. The van der Waals surface area contributed by atoms with Crippen LogP contribution in [0.25, 0.3) is 0 Å². The summed E-state index contributed by atoms with van der Waals surface area (Å²) in [5.41, 5.74) is 7.05. The van der Waals surface area contributed by atoms with Crippen LogP contribution in [0.1, 0.15) is 5.56 Å². The first kappa shape index (κ1) is 19.9. The van der Waals surface area contributed by atoms with E-state index in [2.05, 4.69) is 20.3 Å². The van der Waals surface area contributed by atoms with Gasteiger partial charge in [-0.15, -0.1) is 0 Å². The van der Waals surface area contributed by atoms with E-state index in [1.807, 2.05) is 54.6 Å². The molecule has 0 aliphatic rings. The van der Waals surface area contributed by atoms with Gasteiger partial charge in [0.2, 0.25) is 17.7 Å². The Morgan fingerprint density at radius 1 is 0.931 bits per heavy atom. The van der Waals surface area contributed by atoms with Crippen LogP contribution in [0, 0.1) is 0 Å². The molecule has 0 bridgehead atoms. The maximum atomic E-state index is 5.92. The normalized spacial score (nSPS) is 11.0. The average Bonchev–Trinajstić information content (AvgIpc) is 2.75. The molecule has 0 atom stereocenters. The molecule has 3 rings (SSSR count). The van der Waals surface area contributed by atoms with Crippen LogP contribution in [0.3, 0.4) is 0 Å². The lowest BCUT2D eigenvalue weighted by molar-refractivity contribution is 0.373. The predicted molar refractivity (Wildman–Crippen MR) is 112 cm³/mol. The highest BCUT2D eigenvalue weighted by Gasteiger charge is 2.06. The van der Waals surface area contributed by atoms with Crippen molar-refractivity contribution < 1.29 is 14.2 Å². The van der Waals surface area contributed by atoms with E-state index in [4.69, 9.17) is 19.9 Å². The smallest absolute Gasteiger partial charge is 0.236 e. The van der Waals surface area contributed by atoms with E-state index in [1.54, 1.807) is 6.07 Å². The van der Waals surface area contributed by atoms with E-state index < -0.39 is 0 Å². The summed E-state index contributed by atoms with van der Waals surface area (Å²) in [7, 11) is 3.03. The van der Waals surface area contributed by atoms with Gasteiger partial charge in [0.15, 0.2) is 5.96 Å². The Bertz CT molecular complexity index is 924. The molecule has 0 fully saturated rings. The lowest BCUT2D eigenvalue weighted by Gasteiger charge is -2.08. The van der Waals surface area contributed by atoms with Gasteiger partial charge in [-0.25, -0.2) is 0 Å². The quantitative estimate of drug-likeness (QED) is 0.447. The monoisotopic (exact) mass is 393 g/mol. The van der Waals surface area contributed by atoms with Gasteiger partial charge in [-0.1, -0.05) is 30.3 Å². The summed E-state index contributed by atoms with van der Waals surface area (Å²) in [4.78, 5) is 12.6. The highest BCUT2D eigenvalue weighted by Crippen LogP contribution is 2.21. The van der Waals surface area contributed by atoms with Crippen molar-refractivity contribution in [2.75, 3.05) is 26.1 Å². The second-order valence-corrected chi connectivity index (χ2v) is 5.98. The third kappa shape index (κ3) is 6.10. The summed E-state index contributed by atoms with van der Waals surface area (Å²) < 4.78 is 16.0. The van der Waals surface area contributed by atoms with Gasteiger partial charge < -0.3 is 19.9 Å². The Morgan fingerprint density at radius 2 is 1.55 bits per heavy atom. The zero-order chi connectivity index (χ0) is 20.5. The van der Waals surface area contributed by atoms with Crippen molar-refractivity contribution in [3.05, 3.63) is 66.2 Å². The van der Waals surface area contributed by atoms with Crippen LogP contribution >= 0.6 is 0 Å². The summed E-state index contributed by atoms with van der Waals surface area (Å²) in [6, 6.07) is 19.1. The fourth-order valence-electron chi connectivity index (χ4n) is 2.48. The first-order valence-corrected chi connectivity index (χ1v) is 9.02. The molecule has 0 spiro atoms. The number of methoxy groups -OCH3 is 2. The van der Waals surface area contributed by atoms with Crippen LogP contribution < -0.4 is 25.3 Å². The van der Waals surface area contributed by atoms with E-state index in [-0.39, 0.29) is 11.9 Å². The molecule has 0 saturated heterocycles. The van der Waals surface area contributed by atoms with Crippen molar-refractivity contribution >= 4 is 11.9 Å². The van der Waals surface area contributed by atoms with Crippen molar-refractivity contribution in [3.8, 4) is 23.3 Å². The summed E-state index contributed by atoms with van der Waals surface area (Å²) >= 11 is 0. The van der Waals surface area contributed by atoms with Crippen molar-refractivity contribution in [3.63, 3.8) is 0 Å². The first-order chi connectivity index (χ1) is 14.2. The summed E-state index contributed by atoms with van der Waals surface area (Å²) in [5, 5.41) is 2.84. The molecule has 1 heterocycles. The van der Waals surface area contributed by atoms with Crippen LogP contribution in [-0.2, 0) is 6.42 Å². The van der Waals surface area contributed by atoms with E-state index in [9.17, 15) is 0 Å². The Morgan fingerprint density at radius 3 is 2.17 bits per heavy atom. The largest absolute Gasteiger partial charge is 0.481 e. The molecule has 29 heavy (non-hydrogen) atoms. The summed E-state index contributed by atoms with van der Waals surface area (Å²) in [6.07, 6.45) is 0.732. The molecule has 8 nitrogen and oxygen atoms in total. The van der Waals surface area contributed by atoms with Crippen LogP contribution in [0.2, 0.25) is 0 Å². The van der Waals surface area contributed by atoms with Crippen LogP contribution in [0.4, 0.5) is 5.95 Å². The maximum absolute atomic E-state index is 5.92. The highest BCUT2D eigenvalue weighted by molar-refractivity contribution is 5.90. The van der Waals surface area contributed by atoms with Gasteiger partial charge in [0, 0.05) is 6.54 Å². The number of nitrogens with two attached hydrogens (primary N) is 1. The van der Waals surface area contributed by atoms with Gasteiger partial charge in [0.1, 0.15) is 11.5 Å². The molecule has 0 aliphatic heterocycles. The fourth-order valence-corrected chi connectivity index (χ4v) is 2.48. The standard InChI is InChI=1S/C21H23N5O3/c1-27-18-14-19(28-2)25-21(24-18)26-20(22)23-13-12-15-8-10-17(11-9-15)29-16-6-4-3-5-7-16/h3-11,14H,12-13H2,1-2H3,(H3,22,23,24,25,26). The minimum absolute atomic E-state index is 0.212. The summed E-state index contributed by atoms with van der Waals surface area (Å²) in [6.45, 7) is 0.513. The van der Waals surface area contributed by atoms with Gasteiger partial charge in [0.05, 0.1) is 20.3 Å². The first-order valence-electron chi connectivity index (χ1n) is 9.02. The number of nitrogens with one attached hydrogen (secondary N) is 1. The molecule has 0 amide bonds. The van der Waals surface area contributed by atoms with E-state index >= 15 is 0 Å². The molecule has 1 aromatic heterocycles. The molecular weight excluding hydrogens is 370 g/mol. The summed E-state index contributed by atoms with van der Waals surface area (Å²) in [5.74, 6) is 2.79. The number of aliphatic imine (C=N–C) groups is 1. The number of nitrogens with zero attached hydrogens (tertiary/aromatic N) is 3. The molecule has 3 N–H and O–H groups in total. The number of benzene rings is 2. The van der Waals surface area contributed by atoms with E-state index in [0.717, 1.165) is 23.5 Å². The van der Waals surface area contributed by atoms with E-state index in [0.29, 0.717) is 18.3 Å². The molecule has 0 radical (unpaired) electrons. The number of hydrogen-bond acceptors (Lipinski definition) is 6. The second-order valence-electron chi connectivity index (χ2n) is 5.98. The molecule has 0 unspecified atom stereocenters. The van der Waals surface area contributed by atoms with Crippen molar-refractivity contribution in [2.45, 2.75) is 6.42 Å². The molecule has 0 saturated carbocycles. The number of ether oxygens (including phenoxy) is 3.